The molecule has 0 radical (unpaired) electrons. The summed E-state index contributed by atoms with van der Waals surface area (Å²) >= 11 is 10.1. The predicted molar refractivity (Wildman–Crippen MR) is 109 cm³/mol. The van der Waals surface area contributed by atoms with Crippen LogP contribution in [0.5, 0.6) is 11.5 Å². The van der Waals surface area contributed by atoms with Gasteiger partial charge in [-0.15, -0.1) is 0 Å². The molecule has 0 unspecified atom stereocenters. The number of amides is 1. The maximum Gasteiger partial charge on any atom is 0.270 e. The third kappa shape index (κ3) is 3.58. The summed E-state index contributed by atoms with van der Waals surface area (Å²) < 4.78 is 12.1. The van der Waals surface area contributed by atoms with Gasteiger partial charge in [-0.3, -0.25) is 9.69 Å². The number of anilines is 1. The minimum absolute atomic E-state index is 0.179. The van der Waals surface area contributed by atoms with Crippen molar-refractivity contribution >= 4 is 61.9 Å². The van der Waals surface area contributed by atoms with Crippen molar-refractivity contribution in [3.8, 4) is 11.5 Å². The van der Waals surface area contributed by atoms with E-state index in [0.29, 0.717) is 26.4 Å². The van der Waals surface area contributed by atoms with Gasteiger partial charge in [-0.2, -0.15) is 0 Å². The highest BCUT2D eigenvalue weighted by molar-refractivity contribution is 9.10. The van der Waals surface area contributed by atoms with Gasteiger partial charge in [0.1, 0.15) is 11.5 Å². The molecule has 0 atom stereocenters. The highest BCUT2D eigenvalue weighted by atomic mass is 79.9. The lowest BCUT2D eigenvalue weighted by Crippen LogP contribution is -2.27. The number of hydrogen-bond acceptors (Lipinski definition) is 5. The fourth-order valence-electron chi connectivity index (χ4n) is 2.45. The van der Waals surface area contributed by atoms with Crippen molar-refractivity contribution in [1.29, 1.82) is 0 Å². The minimum atomic E-state index is -0.179. The van der Waals surface area contributed by atoms with Crippen LogP contribution in [-0.4, -0.2) is 24.4 Å². The Morgan fingerprint density at radius 1 is 1.12 bits per heavy atom. The zero-order valence-corrected chi connectivity index (χ0v) is 16.7. The van der Waals surface area contributed by atoms with Crippen LogP contribution in [0.25, 0.3) is 6.08 Å². The van der Waals surface area contributed by atoms with E-state index in [2.05, 4.69) is 15.9 Å². The average molecular weight is 436 g/mol. The molecule has 0 N–H and O–H groups in total. The summed E-state index contributed by atoms with van der Waals surface area (Å²) in [5, 5.41) is 0. The van der Waals surface area contributed by atoms with Crippen LogP contribution >= 0.6 is 39.9 Å². The van der Waals surface area contributed by atoms with Gasteiger partial charge < -0.3 is 9.47 Å². The fourth-order valence-corrected chi connectivity index (χ4v) is 4.10. The van der Waals surface area contributed by atoms with E-state index in [4.69, 9.17) is 21.7 Å². The number of carbonyl (C=O) groups is 1. The Hall–Kier alpha value is -1.83. The highest BCUT2D eigenvalue weighted by Crippen LogP contribution is 2.40. The van der Waals surface area contributed by atoms with Crippen molar-refractivity contribution < 1.29 is 14.3 Å². The van der Waals surface area contributed by atoms with E-state index in [1.807, 2.05) is 36.4 Å². The first-order chi connectivity index (χ1) is 12.0. The smallest absolute Gasteiger partial charge is 0.270 e. The van der Waals surface area contributed by atoms with Crippen LogP contribution in [0.4, 0.5) is 5.69 Å². The Labute approximate surface area is 163 Å². The molecule has 1 amide bonds. The van der Waals surface area contributed by atoms with Gasteiger partial charge in [0, 0.05) is 10.0 Å². The van der Waals surface area contributed by atoms with Crippen LogP contribution < -0.4 is 14.4 Å². The Balaban J connectivity index is 2.01. The number of carbonyl (C=O) groups excluding carboxylic acids is 1. The molecular formula is C18H14BrNO3S2. The number of nitrogens with zero attached hydrogens (tertiary/aromatic N) is 1. The highest BCUT2D eigenvalue weighted by Gasteiger charge is 2.35. The summed E-state index contributed by atoms with van der Waals surface area (Å²) in [6.07, 6.45) is 1.79. The SMILES string of the molecule is COc1ccc(Br)cc1C=C1SC(=S)N(c2ccccc2OC)C1=O. The van der Waals surface area contributed by atoms with Gasteiger partial charge >= 0.3 is 0 Å². The molecule has 7 heteroatoms. The number of para-hydroxylation sites is 2. The van der Waals surface area contributed by atoms with Gasteiger partial charge in [0.15, 0.2) is 4.32 Å². The average Bonchev–Trinajstić information content (AvgIpc) is 2.88. The van der Waals surface area contributed by atoms with Crippen molar-refractivity contribution in [2.24, 2.45) is 0 Å². The molecular weight excluding hydrogens is 422 g/mol. The first kappa shape index (κ1) is 18.0. The van der Waals surface area contributed by atoms with Gasteiger partial charge in [-0.05, 0) is 36.4 Å². The maximum atomic E-state index is 12.9. The molecule has 0 bridgehead atoms. The number of halogens is 1. The molecule has 1 heterocycles. The molecule has 0 aromatic heterocycles. The molecule has 0 spiro atoms. The normalized spacial score (nSPS) is 15.8. The van der Waals surface area contributed by atoms with Gasteiger partial charge in [0.25, 0.3) is 5.91 Å². The van der Waals surface area contributed by atoms with Crippen molar-refractivity contribution in [3.05, 3.63) is 57.4 Å². The number of thiocarbonyl (C=S) groups is 1. The summed E-state index contributed by atoms with van der Waals surface area (Å²) in [4.78, 5) is 14.9. The summed E-state index contributed by atoms with van der Waals surface area (Å²) in [5.74, 6) is 1.10. The van der Waals surface area contributed by atoms with Gasteiger partial charge in [0.05, 0.1) is 24.8 Å². The molecule has 25 heavy (non-hydrogen) atoms. The second-order valence-corrected chi connectivity index (χ2v) is 7.67. The standard InChI is InChI=1S/C18H14BrNO3S2/c1-22-14-8-7-12(19)9-11(14)10-16-17(21)20(18(24)25-16)13-5-3-4-6-15(13)23-2/h3-10H,1-2H3. The number of thioether (sulfide) groups is 1. The molecule has 1 fully saturated rings. The lowest BCUT2D eigenvalue weighted by atomic mass is 10.2. The molecule has 1 aliphatic heterocycles. The zero-order valence-electron chi connectivity index (χ0n) is 13.5. The summed E-state index contributed by atoms with van der Waals surface area (Å²) in [5.41, 5.74) is 1.44. The number of ether oxygens (including phenoxy) is 2. The topological polar surface area (TPSA) is 38.8 Å². The number of benzene rings is 2. The quantitative estimate of drug-likeness (QED) is 0.505. The van der Waals surface area contributed by atoms with Crippen molar-refractivity contribution in [2.45, 2.75) is 0 Å². The molecule has 2 aromatic carbocycles. The largest absolute Gasteiger partial charge is 0.496 e. The molecule has 1 aliphatic rings. The van der Waals surface area contributed by atoms with Gasteiger partial charge in [0.2, 0.25) is 0 Å². The summed E-state index contributed by atoms with van der Waals surface area (Å²) in [6, 6.07) is 12.9. The Morgan fingerprint density at radius 2 is 1.84 bits per heavy atom. The third-order valence-corrected chi connectivity index (χ3v) is 5.39. The zero-order chi connectivity index (χ0) is 18.0. The Bertz CT molecular complexity index is 882. The van der Waals surface area contributed by atoms with Gasteiger partial charge in [-0.1, -0.05) is 52.0 Å². The lowest BCUT2D eigenvalue weighted by Gasteiger charge is -2.17. The van der Waals surface area contributed by atoms with Crippen LogP contribution in [0.3, 0.4) is 0 Å². The second-order valence-electron chi connectivity index (χ2n) is 5.08. The van der Waals surface area contributed by atoms with Crippen molar-refractivity contribution in [1.82, 2.24) is 0 Å². The van der Waals surface area contributed by atoms with E-state index in [1.165, 1.54) is 16.7 Å². The minimum Gasteiger partial charge on any atom is -0.496 e. The van der Waals surface area contributed by atoms with Crippen LogP contribution in [0.2, 0.25) is 0 Å². The van der Waals surface area contributed by atoms with Crippen LogP contribution in [0, 0.1) is 0 Å². The van der Waals surface area contributed by atoms with Crippen LogP contribution in [-0.2, 0) is 4.79 Å². The first-order valence-corrected chi connectivity index (χ1v) is 9.31. The fraction of sp³-hybridized carbons (Fsp3) is 0.111. The van der Waals surface area contributed by atoms with Crippen LogP contribution in [0.1, 0.15) is 5.56 Å². The molecule has 1 saturated heterocycles. The van der Waals surface area contributed by atoms with E-state index < -0.39 is 0 Å². The number of rotatable bonds is 4. The number of hydrogen-bond donors (Lipinski definition) is 0. The van der Waals surface area contributed by atoms with E-state index in [-0.39, 0.29) is 5.91 Å². The molecule has 3 rings (SSSR count). The second kappa shape index (κ2) is 7.59. The lowest BCUT2D eigenvalue weighted by molar-refractivity contribution is -0.113. The third-order valence-electron chi connectivity index (χ3n) is 3.60. The number of methoxy groups -OCH3 is 2. The summed E-state index contributed by atoms with van der Waals surface area (Å²) in [7, 11) is 3.17. The molecule has 2 aromatic rings. The van der Waals surface area contributed by atoms with E-state index in [0.717, 1.165) is 10.0 Å². The molecule has 4 nitrogen and oxygen atoms in total. The molecule has 0 saturated carbocycles. The van der Waals surface area contributed by atoms with E-state index in [1.54, 1.807) is 26.4 Å². The first-order valence-electron chi connectivity index (χ1n) is 7.29. The maximum absolute atomic E-state index is 12.9. The van der Waals surface area contributed by atoms with Crippen molar-refractivity contribution in [3.63, 3.8) is 0 Å². The Kier molecular flexibility index (Phi) is 5.46. The van der Waals surface area contributed by atoms with Gasteiger partial charge in [-0.25, -0.2) is 0 Å². The predicted octanol–water partition coefficient (Wildman–Crippen LogP) is 4.87. The molecule has 0 aliphatic carbocycles. The summed E-state index contributed by atoms with van der Waals surface area (Å²) in [6.45, 7) is 0. The van der Waals surface area contributed by atoms with Crippen molar-refractivity contribution in [2.75, 3.05) is 19.1 Å². The van der Waals surface area contributed by atoms with E-state index in [9.17, 15) is 4.79 Å². The Morgan fingerprint density at radius 3 is 2.56 bits per heavy atom. The molecule has 128 valence electrons. The van der Waals surface area contributed by atoms with E-state index >= 15 is 0 Å². The monoisotopic (exact) mass is 435 g/mol. The van der Waals surface area contributed by atoms with Crippen LogP contribution in [0.15, 0.2) is 51.8 Å².